The molecule has 0 radical (unpaired) electrons. The van der Waals surface area contributed by atoms with Crippen molar-refractivity contribution in [3.8, 4) is 5.75 Å². The molecule has 0 aliphatic carbocycles. The molecule has 0 aliphatic rings. The number of benzene rings is 1. The molecule has 1 atom stereocenters. The fourth-order valence-corrected chi connectivity index (χ4v) is 2.30. The average molecular weight is 352 g/mol. The van der Waals surface area contributed by atoms with Crippen molar-refractivity contribution < 1.29 is 19.1 Å². The van der Waals surface area contributed by atoms with E-state index < -0.39 is 18.0 Å². The first-order valence-corrected chi connectivity index (χ1v) is 7.56. The number of amides is 1. The molecule has 0 spiro atoms. The third-order valence-electron chi connectivity index (χ3n) is 3.37. The minimum atomic E-state index is -0.990. The molecule has 0 fully saturated rings. The maximum Gasteiger partial charge on any atom is 0.343 e. The van der Waals surface area contributed by atoms with Crippen molar-refractivity contribution in [2.45, 2.75) is 20.0 Å². The Hall–Kier alpha value is -2.54. The van der Waals surface area contributed by atoms with Crippen LogP contribution in [0, 0.1) is 6.92 Å². The van der Waals surface area contributed by atoms with E-state index in [1.807, 2.05) is 0 Å². The zero-order valence-corrected chi connectivity index (χ0v) is 14.5. The van der Waals surface area contributed by atoms with Gasteiger partial charge >= 0.3 is 5.97 Å². The quantitative estimate of drug-likeness (QED) is 0.837. The van der Waals surface area contributed by atoms with Gasteiger partial charge in [-0.15, -0.1) is 0 Å². The van der Waals surface area contributed by atoms with Gasteiger partial charge in [-0.05, 0) is 38.1 Å². The zero-order valence-electron chi connectivity index (χ0n) is 13.8. The highest BCUT2D eigenvalue weighted by molar-refractivity contribution is 6.32. The Morgan fingerprint density at radius 2 is 1.92 bits per heavy atom. The van der Waals surface area contributed by atoms with Crippen LogP contribution >= 0.6 is 11.6 Å². The Labute approximate surface area is 144 Å². The molecule has 8 heteroatoms. The van der Waals surface area contributed by atoms with Crippen molar-refractivity contribution in [1.82, 2.24) is 9.78 Å². The lowest BCUT2D eigenvalue weighted by Crippen LogP contribution is -2.30. The average Bonchev–Trinajstić information content (AvgIpc) is 2.80. The summed E-state index contributed by atoms with van der Waals surface area (Å²) in [5.41, 5.74) is 1.16. The summed E-state index contributed by atoms with van der Waals surface area (Å²) >= 11 is 6.02. The van der Waals surface area contributed by atoms with Gasteiger partial charge in [0.1, 0.15) is 16.5 Å². The normalized spacial score (nSPS) is 11.7. The SMILES string of the molecule is COc1ccc(NC(=O)C(C)OC(=O)c2c(C)nn(C)c2Cl)cc1. The minimum Gasteiger partial charge on any atom is -0.497 e. The molecule has 24 heavy (non-hydrogen) atoms. The van der Waals surface area contributed by atoms with Crippen LogP contribution in [-0.4, -0.2) is 34.9 Å². The first-order valence-electron chi connectivity index (χ1n) is 7.18. The molecule has 1 aromatic carbocycles. The molecule has 1 unspecified atom stereocenters. The molecule has 1 heterocycles. The van der Waals surface area contributed by atoms with Gasteiger partial charge in [-0.25, -0.2) is 4.79 Å². The number of carbonyl (C=O) groups is 2. The van der Waals surface area contributed by atoms with Crippen LogP contribution in [0.4, 0.5) is 5.69 Å². The lowest BCUT2D eigenvalue weighted by atomic mass is 10.2. The van der Waals surface area contributed by atoms with Crippen LogP contribution in [0.5, 0.6) is 5.75 Å². The number of carbonyl (C=O) groups excluding carboxylic acids is 2. The van der Waals surface area contributed by atoms with E-state index >= 15 is 0 Å². The number of rotatable bonds is 5. The molecule has 7 nitrogen and oxygen atoms in total. The second-order valence-electron chi connectivity index (χ2n) is 5.14. The van der Waals surface area contributed by atoms with Crippen molar-refractivity contribution in [1.29, 1.82) is 0 Å². The van der Waals surface area contributed by atoms with Gasteiger partial charge in [-0.1, -0.05) is 11.6 Å². The molecule has 1 aromatic heterocycles. The minimum absolute atomic E-state index is 0.156. The topological polar surface area (TPSA) is 82.4 Å². The standard InChI is InChI=1S/C16H18ClN3O4/c1-9-13(14(17)20(3)19-9)16(22)24-10(2)15(21)18-11-5-7-12(23-4)8-6-11/h5-8,10H,1-4H3,(H,18,21). The molecule has 2 rings (SSSR count). The number of methoxy groups -OCH3 is 1. The van der Waals surface area contributed by atoms with Crippen LogP contribution in [0.25, 0.3) is 0 Å². The van der Waals surface area contributed by atoms with Crippen molar-refractivity contribution in [3.05, 3.63) is 40.7 Å². The second kappa shape index (κ2) is 7.35. The van der Waals surface area contributed by atoms with Gasteiger partial charge in [-0.3, -0.25) is 9.48 Å². The van der Waals surface area contributed by atoms with E-state index in [1.54, 1.807) is 45.3 Å². The molecule has 0 saturated heterocycles. The van der Waals surface area contributed by atoms with Crippen LogP contribution in [0.1, 0.15) is 23.0 Å². The monoisotopic (exact) mass is 351 g/mol. The van der Waals surface area contributed by atoms with Gasteiger partial charge < -0.3 is 14.8 Å². The third-order valence-corrected chi connectivity index (χ3v) is 3.80. The van der Waals surface area contributed by atoms with Crippen molar-refractivity contribution in [2.24, 2.45) is 7.05 Å². The summed E-state index contributed by atoms with van der Waals surface area (Å²) in [6.07, 6.45) is -0.990. The van der Waals surface area contributed by atoms with E-state index in [-0.39, 0.29) is 10.7 Å². The number of aromatic nitrogens is 2. The summed E-state index contributed by atoms with van der Waals surface area (Å²) in [5, 5.41) is 6.86. The highest BCUT2D eigenvalue weighted by Crippen LogP contribution is 2.20. The Morgan fingerprint density at radius 1 is 1.29 bits per heavy atom. The van der Waals surface area contributed by atoms with Gasteiger partial charge in [0.2, 0.25) is 0 Å². The summed E-state index contributed by atoms with van der Waals surface area (Å²) in [4.78, 5) is 24.3. The molecule has 128 valence electrons. The Kier molecular flexibility index (Phi) is 5.46. The van der Waals surface area contributed by atoms with Gasteiger partial charge in [0.15, 0.2) is 6.10 Å². The molecule has 0 bridgehead atoms. The zero-order chi connectivity index (χ0) is 17.9. The summed E-state index contributed by atoms with van der Waals surface area (Å²) in [7, 11) is 3.17. The Morgan fingerprint density at radius 3 is 2.42 bits per heavy atom. The first-order chi connectivity index (χ1) is 11.3. The van der Waals surface area contributed by atoms with Crippen LogP contribution in [-0.2, 0) is 16.6 Å². The number of aryl methyl sites for hydroxylation is 2. The van der Waals surface area contributed by atoms with Crippen molar-refractivity contribution in [2.75, 3.05) is 12.4 Å². The van der Waals surface area contributed by atoms with Crippen LogP contribution in [0.3, 0.4) is 0 Å². The van der Waals surface area contributed by atoms with Gasteiger partial charge in [-0.2, -0.15) is 5.10 Å². The summed E-state index contributed by atoms with van der Waals surface area (Å²) in [6, 6.07) is 6.80. The Balaban J connectivity index is 2.01. The maximum atomic E-state index is 12.2. The summed E-state index contributed by atoms with van der Waals surface area (Å²) < 4.78 is 11.6. The van der Waals surface area contributed by atoms with Gasteiger partial charge in [0.25, 0.3) is 5.91 Å². The molecular formula is C16H18ClN3O4. The molecule has 1 amide bonds. The molecule has 2 aromatic rings. The van der Waals surface area contributed by atoms with E-state index in [4.69, 9.17) is 21.1 Å². The molecular weight excluding hydrogens is 334 g/mol. The maximum absolute atomic E-state index is 12.2. The number of nitrogens with zero attached hydrogens (tertiary/aromatic N) is 2. The number of esters is 1. The van der Waals surface area contributed by atoms with E-state index in [0.717, 1.165) is 0 Å². The highest BCUT2D eigenvalue weighted by atomic mass is 35.5. The number of anilines is 1. The predicted octanol–water partition coefficient (Wildman–Crippen LogP) is 2.57. The second-order valence-corrected chi connectivity index (χ2v) is 5.50. The third kappa shape index (κ3) is 3.86. The lowest BCUT2D eigenvalue weighted by Gasteiger charge is -2.13. The van der Waals surface area contributed by atoms with E-state index in [2.05, 4.69) is 10.4 Å². The molecule has 1 N–H and O–H groups in total. The predicted molar refractivity (Wildman–Crippen MR) is 89.5 cm³/mol. The number of hydrogen-bond donors (Lipinski definition) is 1. The van der Waals surface area contributed by atoms with Crippen LogP contribution in [0.15, 0.2) is 24.3 Å². The molecule has 0 saturated carbocycles. The number of nitrogens with one attached hydrogen (secondary N) is 1. The van der Waals surface area contributed by atoms with Crippen molar-refractivity contribution in [3.63, 3.8) is 0 Å². The highest BCUT2D eigenvalue weighted by Gasteiger charge is 2.25. The summed E-state index contributed by atoms with van der Waals surface area (Å²) in [6.45, 7) is 3.13. The first kappa shape index (κ1) is 17.8. The molecule has 0 aliphatic heterocycles. The fourth-order valence-electron chi connectivity index (χ4n) is 2.05. The van der Waals surface area contributed by atoms with E-state index in [1.165, 1.54) is 11.6 Å². The fraction of sp³-hybridized carbons (Fsp3) is 0.312. The van der Waals surface area contributed by atoms with E-state index in [0.29, 0.717) is 17.1 Å². The van der Waals surface area contributed by atoms with Gasteiger partial charge in [0.05, 0.1) is 12.8 Å². The Bertz CT molecular complexity index is 755. The largest absolute Gasteiger partial charge is 0.497 e. The number of ether oxygens (including phenoxy) is 2. The van der Waals surface area contributed by atoms with Crippen LogP contribution in [0.2, 0.25) is 5.15 Å². The van der Waals surface area contributed by atoms with Crippen LogP contribution < -0.4 is 10.1 Å². The number of halogens is 1. The smallest absolute Gasteiger partial charge is 0.343 e. The summed E-state index contributed by atoms with van der Waals surface area (Å²) in [5.74, 6) is -0.469. The van der Waals surface area contributed by atoms with Gasteiger partial charge in [0, 0.05) is 12.7 Å². The van der Waals surface area contributed by atoms with E-state index in [9.17, 15) is 9.59 Å². The van der Waals surface area contributed by atoms with Crippen molar-refractivity contribution >= 4 is 29.2 Å². The lowest BCUT2D eigenvalue weighted by molar-refractivity contribution is -0.123. The number of hydrogen-bond acceptors (Lipinski definition) is 5.